The third-order valence-corrected chi connectivity index (χ3v) is 6.69. The van der Waals surface area contributed by atoms with Gasteiger partial charge in [-0.1, -0.05) is 24.0 Å². The molecule has 40 heavy (non-hydrogen) atoms. The summed E-state index contributed by atoms with van der Waals surface area (Å²) in [6.07, 6.45) is 2.41. The predicted molar refractivity (Wildman–Crippen MR) is 155 cm³/mol. The molecular formula is C30H32ClN3O6. The number of hydrogen-bond donors (Lipinski definition) is 3. The van der Waals surface area contributed by atoms with Gasteiger partial charge in [0.1, 0.15) is 18.5 Å². The van der Waals surface area contributed by atoms with Crippen LogP contribution >= 0.6 is 12.4 Å². The Bertz CT molecular complexity index is 1430. The van der Waals surface area contributed by atoms with Crippen molar-refractivity contribution < 1.29 is 28.8 Å². The summed E-state index contributed by atoms with van der Waals surface area (Å²) in [6.45, 7) is 4.61. The second-order valence-corrected chi connectivity index (χ2v) is 9.08. The maximum absolute atomic E-state index is 12.8. The summed E-state index contributed by atoms with van der Waals surface area (Å²) in [5.41, 5.74) is 3.69. The molecule has 3 aromatic rings. The zero-order valence-electron chi connectivity index (χ0n) is 22.4. The van der Waals surface area contributed by atoms with Gasteiger partial charge in [-0.15, -0.1) is 12.4 Å². The summed E-state index contributed by atoms with van der Waals surface area (Å²) in [7, 11) is 3.14. The summed E-state index contributed by atoms with van der Waals surface area (Å²) >= 11 is 0. The van der Waals surface area contributed by atoms with E-state index in [2.05, 4.69) is 27.0 Å². The van der Waals surface area contributed by atoms with Gasteiger partial charge in [-0.3, -0.25) is 9.69 Å². The molecule has 1 unspecified atom stereocenters. The van der Waals surface area contributed by atoms with Crippen LogP contribution in [-0.2, 0) is 9.53 Å². The Kier molecular flexibility index (Phi) is 9.74. The molecular weight excluding hydrogens is 534 g/mol. The van der Waals surface area contributed by atoms with Crippen LogP contribution in [0.5, 0.6) is 17.2 Å². The van der Waals surface area contributed by atoms with Crippen molar-refractivity contribution in [2.75, 3.05) is 59.0 Å². The smallest absolute Gasteiger partial charge is 0.256 e. The molecule has 0 bridgehead atoms. The number of aliphatic hydroxyl groups is 1. The fourth-order valence-electron chi connectivity index (χ4n) is 4.61. The second-order valence-electron chi connectivity index (χ2n) is 9.08. The van der Waals surface area contributed by atoms with Crippen molar-refractivity contribution in [2.24, 2.45) is 0 Å². The third-order valence-electron chi connectivity index (χ3n) is 6.69. The van der Waals surface area contributed by atoms with Crippen LogP contribution in [0.3, 0.4) is 0 Å². The van der Waals surface area contributed by atoms with Crippen LogP contribution in [0.4, 0.5) is 5.69 Å². The number of carbonyl (C=O) groups excluding carboxylic acids is 1. The quantitative estimate of drug-likeness (QED) is 0.282. The van der Waals surface area contributed by atoms with E-state index in [-0.39, 0.29) is 18.3 Å². The number of aliphatic hydroxyl groups excluding tert-OH is 1. The molecule has 3 heterocycles. The normalized spacial score (nSPS) is 16.3. The molecule has 10 heteroatoms. The first-order chi connectivity index (χ1) is 19.1. The molecule has 5 rings (SSSR count). The van der Waals surface area contributed by atoms with E-state index in [1.54, 1.807) is 50.8 Å². The van der Waals surface area contributed by atoms with Gasteiger partial charge in [-0.05, 0) is 42.0 Å². The minimum absolute atomic E-state index is 0. The lowest BCUT2D eigenvalue weighted by molar-refractivity contribution is -0.110. The number of anilines is 1. The number of rotatable bonds is 8. The van der Waals surface area contributed by atoms with Crippen molar-refractivity contribution in [3.8, 4) is 29.1 Å². The summed E-state index contributed by atoms with van der Waals surface area (Å²) in [4.78, 5) is 18.1. The SMILES string of the molecule is COc1cc(C(O)C#Cc2cccc3c2C(=Cc2[nH]ccc2OC)C(=O)N3)ccc1OCCN1CCOCC1.Cl. The van der Waals surface area contributed by atoms with Gasteiger partial charge in [-0.25, -0.2) is 0 Å². The highest BCUT2D eigenvalue weighted by Crippen LogP contribution is 2.37. The van der Waals surface area contributed by atoms with E-state index in [4.69, 9.17) is 18.9 Å². The summed E-state index contributed by atoms with van der Waals surface area (Å²) in [5.74, 6) is 7.50. The number of ether oxygens (including phenoxy) is 4. The molecule has 1 atom stereocenters. The summed E-state index contributed by atoms with van der Waals surface area (Å²) < 4.78 is 22.2. The molecule has 1 saturated heterocycles. The van der Waals surface area contributed by atoms with Crippen molar-refractivity contribution in [1.29, 1.82) is 0 Å². The average Bonchev–Trinajstić information content (AvgIpc) is 3.56. The van der Waals surface area contributed by atoms with Gasteiger partial charge < -0.3 is 34.4 Å². The lowest BCUT2D eigenvalue weighted by Crippen LogP contribution is -2.38. The Labute approximate surface area is 239 Å². The lowest BCUT2D eigenvalue weighted by atomic mass is 9.99. The molecule has 0 saturated carbocycles. The number of morpholine rings is 1. The number of hydrogen-bond acceptors (Lipinski definition) is 7. The van der Waals surface area contributed by atoms with Crippen LogP contribution in [0.2, 0.25) is 0 Å². The molecule has 3 N–H and O–H groups in total. The lowest BCUT2D eigenvalue weighted by Gasteiger charge is -2.26. The molecule has 2 aliphatic heterocycles. The van der Waals surface area contributed by atoms with Gasteiger partial charge in [0.05, 0.1) is 44.4 Å². The number of benzene rings is 2. The highest BCUT2D eigenvalue weighted by molar-refractivity contribution is 6.35. The number of H-pyrrole nitrogens is 1. The molecule has 0 radical (unpaired) electrons. The number of fused-ring (bicyclic) bond motifs is 1. The number of halogens is 1. The zero-order valence-corrected chi connectivity index (χ0v) is 23.2. The van der Waals surface area contributed by atoms with Crippen LogP contribution in [-0.4, -0.2) is 74.6 Å². The number of nitrogens with one attached hydrogen (secondary N) is 2. The average molecular weight is 566 g/mol. The molecule has 1 amide bonds. The van der Waals surface area contributed by atoms with Crippen molar-refractivity contribution in [1.82, 2.24) is 9.88 Å². The Balaban J connectivity index is 0.00000370. The molecule has 0 aliphatic carbocycles. The van der Waals surface area contributed by atoms with Gasteiger partial charge in [0, 0.05) is 37.0 Å². The van der Waals surface area contributed by atoms with E-state index >= 15 is 0 Å². The second kappa shape index (κ2) is 13.4. The third kappa shape index (κ3) is 6.43. The van der Waals surface area contributed by atoms with E-state index in [0.29, 0.717) is 57.5 Å². The van der Waals surface area contributed by atoms with Crippen molar-refractivity contribution in [3.05, 3.63) is 71.0 Å². The predicted octanol–water partition coefficient (Wildman–Crippen LogP) is 3.74. The first-order valence-electron chi connectivity index (χ1n) is 12.8. The molecule has 0 spiro atoms. The van der Waals surface area contributed by atoms with Crippen LogP contribution < -0.4 is 19.5 Å². The topological polar surface area (TPSA) is 105 Å². The van der Waals surface area contributed by atoms with Gasteiger partial charge in [0.15, 0.2) is 11.5 Å². The number of nitrogens with zero attached hydrogens (tertiary/aromatic N) is 1. The molecule has 210 valence electrons. The highest BCUT2D eigenvalue weighted by atomic mass is 35.5. The van der Waals surface area contributed by atoms with Gasteiger partial charge >= 0.3 is 0 Å². The largest absolute Gasteiger partial charge is 0.495 e. The van der Waals surface area contributed by atoms with E-state index < -0.39 is 6.10 Å². The number of amides is 1. The zero-order chi connectivity index (χ0) is 27.2. The van der Waals surface area contributed by atoms with Gasteiger partial charge in [0.2, 0.25) is 0 Å². The summed E-state index contributed by atoms with van der Waals surface area (Å²) in [6, 6.07) is 12.5. The number of carbonyl (C=O) groups is 1. The van der Waals surface area contributed by atoms with Crippen molar-refractivity contribution in [3.63, 3.8) is 0 Å². The van der Waals surface area contributed by atoms with Gasteiger partial charge in [0.25, 0.3) is 5.91 Å². The summed E-state index contributed by atoms with van der Waals surface area (Å²) in [5, 5.41) is 13.8. The van der Waals surface area contributed by atoms with Crippen molar-refractivity contribution in [2.45, 2.75) is 6.10 Å². The minimum atomic E-state index is -1.07. The fourth-order valence-corrected chi connectivity index (χ4v) is 4.61. The number of aromatic amines is 1. The van der Waals surface area contributed by atoms with Crippen molar-refractivity contribution >= 4 is 35.7 Å². The Morgan fingerprint density at radius 2 is 1.90 bits per heavy atom. The van der Waals surface area contributed by atoms with E-state index in [1.807, 2.05) is 18.2 Å². The Morgan fingerprint density at radius 1 is 1.10 bits per heavy atom. The molecule has 2 aromatic carbocycles. The number of aromatic nitrogens is 1. The standard InChI is InChI=1S/C30H31N3O6.ClH/c1-36-26-10-11-31-24(26)19-22-29-20(4-3-5-23(29)32-30(22)35)6-8-25(34)21-7-9-27(28(18-21)37-2)39-17-14-33-12-15-38-16-13-33;/h3-5,7,9-11,18-19,25,31,34H,12-17H2,1-2H3,(H,32,35);1H. The maximum Gasteiger partial charge on any atom is 0.256 e. The minimum Gasteiger partial charge on any atom is -0.495 e. The molecule has 9 nitrogen and oxygen atoms in total. The van der Waals surface area contributed by atoms with E-state index in [9.17, 15) is 9.90 Å². The Hall–Kier alpha value is -3.94. The first-order valence-corrected chi connectivity index (χ1v) is 12.8. The molecule has 2 aliphatic rings. The van der Waals surface area contributed by atoms with Crippen LogP contribution in [0.25, 0.3) is 11.6 Å². The van der Waals surface area contributed by atoms with E-state index in [0.717, 1.165) is 32.8 Å². The van der Waals surface area contributed by atoms with Crippen LogP contribution in [0.15, 0.2) is 48.7 Å². The monoisotopic (exact) mass is 565 g/mol. The first kappa shape index (κ1) is 29.1. The fraction of sp³-hybridized carbons (Fsp3) is 0.300. The van der Waals surface area contributed by atoms with Gasteiger partial charge in [-0.2, -0.15) is 0 Å². The van der Waals surface area contributed by atoms with Crippen LogP contribution in [0, 0.1) is 11.8 Å². The molecule has 1 aromatic heterocycles. The van der Waals surface area contributed by atoms with Crippen LogP contribution in [0.1, 0.15) is 28.5 Å². The molecule has 1 fully saturated rings. The maximum atomic E-state index is 12.8. The Morgan fingerprint density at radius 3 is 2.67 bits per heavy atom. The van der Waals surface area contributed by atoms with E-state index in [1.165, 1.54) is 0 Å². The number of methoxy groups -OCH3 is 2. The highest BCUT2D eigenvalue weighted by Gasteiger charge is 2.27.